The number of para-hydroxylation sites is 1. The van der Waals surface area contributed by atoms with Crippen molar-refractivity contribution < 1.29 is 13.9 Å². The van der Waals surface area contributed by atoms with Gasteiger partial charge in [-0.2, -0.15) is 9.50 Å². The number of hydrogen-bond donors (Lipinski definition) is 1. The van der Waals surface area contributed by atoms with Crippen LogP contribution in [0.15, 0.2) is 77.4 Å². The largest absolute Gasteiger partial charge is 0.493 e. The van der Waals surface area contributed by atoms with Gasteiger partial charge in [-0.1, -0.05) is 24.3 Å². The van der Waals surface area contributed by atoms with E-state index in [0.717, 1.165) is 37.6 Å². The van der Waals surface area contributed by atoms with Gasteiger partial charge in [-0.05, 0) is 42.0 Å². The number of nitrogens with zero attached hydrogens (tertiary/aromatic N) is 6. The molecular formula is C28H29N7O3. The summed E-state index contributed by atoms with van der Waals surface area (Å²) in [6.45, 7) is 4.05. The number of methoxy groups -OCH3 is 2. The van der Waals surface area contributed by atoms with Crippen molar-refractivity contribution in [2.45, 2.75) is 6.54 Å². The lowest BCUT2D eigenvalue weighted by atomic mass is 10.2. The van der Waals surface area contributed by atoms with Crippen molar-refractivity contribution in [1.29, 1.82) is 0 Å². The minimum Gasteiger partial charge on any atom is -0.493 e. The molecule has 0 bridgehead atoms. The molecule has 1 saturated heterocycles. The Kier molecular flexibility index (Phi) is 6.43. The van der Waals surface area contributed by atoms with Crippen LogP contribution in [-0.2, 0) is 6.54 Å². The van der Waals surface area contributed by atoms with Crippen molar-refractivity contribution >= 4 is 23.1 Å². The van der Waals surface area contributed by atoms with Gasteiger partial charge in [-0.3, -0.25) is 0 Å². The normalized spacial score (nSPS) is 13.6. The maximum Gasteiger partial charge on any atom is 0.228 e. The first-order chi connectivity index (χ1) is 18.7. The molecule has 4 heterocycles. The first-order valence-corrected chi connectivity index (χ1v) is 12.5. The summed E-state index contributed by atoms with van der Waals surface area (Å²) in [4.78, 5) is 14.4. The van der Waals surface area contributed by atoms with E-state index in [1.165, 1.54) is 5.69 Å². The molecule has 10 heteroatoms. The number of hydrogen-bond acceptors (Lipinski definition) is 9. The Bertz CT molecular complexity index is 1510. The van der Waals surface area contributed by atoms with Gasteiger partial charge in [0.2, 0.25) is 11.8 Å². The lowest BCUT2D eigenvalue weighted by Crippen LogP contribution is -2.46. The monoisotopic (exact) mass is 511 g/mol. The van der Waals surface area contributed by atoms with Crippen LogP contribution < -0.4 is 24.6 Å². The van der Waals surface area contributed by atoms with Crippen LogP contribution in [0.1, 0.15) is 5.56 Å². The summed E-state index contributed by atoms with van der Waals surface area (Å²) in [6, 6.07) is 22.0. The average molecular weight is 512 g/mol. The second kappa shape index (κ2) is 10.3. The summed E-state index contributed by atoms with van der Waals surface area (Å²) in [6.07, 6.45) is 1.62. The van der Waals surface area contributed by atoms with E-state index < -0.39 is 0 Å². The lowest BCUT2D eigenvalue weighted by Gasteiger charge is -2.36. The van der Waals surface area contributed by atoms with E-state index in [1.807, 2.05) is 42.5 Å². The molecule has 38 heavy (non-hydrogen) atoms. The molecular weight excluding hydrogens is 482 g/mol. The predicted octanol–water partition coefficient (Wildman–Crippen LogP) is 4.34. The molecule has 1 aliphatic rings. The van der Waals surface area contributed by atoms with Crippen molar-refractivity contribution in [1.82, 2.24) is 19.6 Å². The Balaban J connectivity index is 1.29. The number of ether oxygens (including phenoxy) is 2. The highest BCUT2D eigenvalue weighted by atomic mass is 16.5. The molecule has 0 saturated carbocycles. The van der Waals surface area contributed by atoms with E-state index in [2.05, 4.69) is 44.5 Å². The van der Waals surface area contributed by atoms with E-state index in [-0.39, 0.29) is 0 Å². The van der Waals surface area contributed by atoms with Crippen molar-refractivity contribution in [2.75, 3.05) is 55.5 Å². The summed E-state index contributed by atoms with van der Waals surface area (Å²) >= 11 is 0. The van der Waals surface area contributed by atoms with Crippen LogP contribution in [0, 0.1) is 0 Å². The zero-order chi connectivity index (χ0) is 25.9. The summed E-state index contributed by atoms with van der Waals surface area (Å²) in [5.41, 5.74) is 2.96. The van der Waals surface area contributed by atoms with Gasteiger partial charge in [0.1, 0.15) is 5.82 Å². The topological polar surface area (TPSA) is 93.2 Å². The van der Waals surface area contributed by atoms with Crippen LogP contribution >= 0.6 is 0 Å². The average Bonchev–Trinajstić information content (AvgIpc) is 3.67. The highest BCUT2D eigenvalue weighted by molar-refractivity contribution is 5.61. The molecule has 1 aliphatic heterocycles. The molecule has 2 aromatic carbocycles. The molecule has 1 fully saturated rings. The Morgan fingerprint density at radius 3 is 2.37 bits per heavy atom. The third-order valence-electron chi connectivity index (χ3n) is 6.68. The second-order valence-corrected chi connectivity index (χ2v) is 8.97. The Morgan fingerprint density at radius 1 is 0.842 bits per heavy atom. The maximum atomic E-state index is 5.55. The van der Waals surface area contributed by atoms with E-state index in [1.54, 1.807) is 25.0 Å². The number of piperazine rings is 1. The zero-order valence-electron chi connectivity index (χ0n) is 21.4. The molecule has 0 aliphatic carbocycles. The maximum absolute atomic E-state index is 5.55. The van der Waals surface area contributed by atoms with Crippen LogP contribution in [0.25, 0.3) is 17.2 Å². The SMILES string of the molecule is COc1ccc(CNc2nc(N3CCN(c4ccccc4)CC3)cc3nc(-c4ccco4)nn23)cc1OC. The van der Waals surface area contributed by atoms with Crippen molar-refractivity contribution in [3.05, 3.63) is 78.6 Å². The van der Waals surface area contributed by atoms with Gasteiger partial charge in [0.25, 0.3) is 0 Å². The highest BCUT2D eigenvalue weighted by Crippen LogP contribution is 2.29. The number of rotatable bonds is 8. The minimum absolute atomic E-state index is 0.511. The standard InChI is InChI=1S/C28H29N7O3/c1-36-22-11-10-20(17-24(22)37-2)19-29-28-31-25(18-26-30-27(32-35(26)28)23-9-6-16-38-23)34-14-12-33(13-15-34)21-7-4-3-5-8-21/h3-11,16-18H,12-15,19H2,1-2H3,(H,29,31). The first kappa shape index (κ1) is 23.7. The summed E-state index contributed by atoms with van der Waals surface area (Å²) in [5, 5.41) is 8.13. The quantitative estimate of drug-likeness (QED) is 0.327. The Hall–Kier alpha value is -4.73. The second-order valence-electron chi connectivity index (χ2n) is 8.97. The number of benzene rings is 2. The number of nitrogens with one attached hydrogen (secondary N) is 1. The number of anilines is 3. The molecule has 1 N–H and O–H groups in total. The van der Waals surface area contributed by atoms with Crippen molar-refractivity contribution in [3.63, 3.8) is 0 Å². The molecule has 0 unspecified atom stereocenters. The fourth-order valence-corrected chi connectivity index (χ4v) is 4.67. The van der Waals surface area contributed by atoms with Gasteiger partial charge >= 0.3 is 0 Å². The van der Waals surface area contributed by atoms with Gasteiger partial charge in [0.15, 0.2) is 22.9 Å². The van der Waals surface area contributed by atoms with E-state index >= 15 is 0 Å². The van der Waals surface area contributed by atoms with E-state index in [4.69, 9.17) is 23.9 Å². The van der Waals surface area contributed by atoms with E-state index in [0.29, 0.717) is 41.2 Å². The molecule has 5 aromatic rings. The predicted molar refractivity (Wildman–Crippen MR) is 146 cm³/mol. The van der Waals surface area contributed by atoms with Crippen molar-refractivity contribution in [3.8, 4) is 23.1 Å². The van der Waals surface area contributed by atoms with E-state index in [9.17, 15) is 0 Å². The third kappa shape index (κ3) is 4.68. The summed E-state index contributed by atoms with van der Waals surface area (Å²) in [5.74, 6) is 3.94. The molecule has 6 rings (SSSR count). The van der Waals surface area contributed by atoms with Gasteiger partial charge in [0.05, 0.1) is 20.5 Å². The highest BCUT2D eigenvalue weighted by Gasteiger charge is 2.21. The number of aromatic nitrogens is 4. The van der Waals surface area contributed by atoms with Gasteiger partial charge in [-0.25, -0.2) is 4.98 Å². The lowest BCUT2D eigenvalue weighted by molar-refractivity contribution is 0.354. The first-order valence-electron chi connectivity index (χ1n) is 12.5. The molecule has 3 aromatic heterocycles. The molecule has 0 radical (unpaired) electrons. The number of fused-ring (bicyclic) bond motifs is 1. The van der Waals surface area contributed by atoms with Gasteiger partial charge in [-0.15, -0.1) is 5.10 Å². The van der Waals surface area contributed by atoms with Crippen LogP contribution in [0.5, 0.6) is 11.5 Å². The minimum atomic E-state index is 0.511. The molecule has 10 nitrogen and oxygen atoms in total. The number of furan rings is 1. The fourth-order valence-electron chi connectivity index (χ4n) is 4.67. The van der Waals surface area contributed by atoms with Crippen molar-refractivity contribution in [2.24, 2.45) is 0 Å². The molecule has 0 spiro atoms. The summed E-state index contributed by atoms with van der Waals surface area (Å²) < 4.78 is 18.1. The van der Waals surface area contributed by atoms with Gasteiger partial charge in [0, 0.05) is 44.5 Å². The smallest absolute Gasteiger partial charge is 0.228 e. The van der Waals surface area contributed by atoms with Gasteiger partial charge < -0.3 is 29.0 Å². The zero-order valence-corrected chi connectivity index (χ0v) is 21.4. The molecule has 0 atom stereocenters. The molecule has 0 amide bonds. The Labute approximate surface area is 220 Å². The van der Waals surface area contributed by atoms with Crippen LogP contribution in [0.2, 0.25) is 0 Å². The third-order valence-corrected chi connectivity index (χ3v) is 6.68. The van der Waals surface area contributed by atoms with Crippen LogP contribution in [0.3, 0.4) is 0 Å². The van der Waals surface area contributed by atoms with Crippen LogP contribution in [-0.4, -0.2) is 60.0 Å². The Morgan fingerprint density at radius 2 is 1.63 bits per heavy atom. The van der Waals surface area contributed by atoms with Crippen LogP contribution in [0.4, 0.5) is 17.5 Å². The summed E-state index contributed by atoms with van der Waals surface area (Å²) in [7, 11) is 3.26. The fraction of sp³-hybridized carbons (Fsp3) is 0.250. The molecule has 194 valence electrons.